The summed E-state index contributed by atoms with van der Waals surface area (Å²) in [5.74, 6) is -3.34. The van der Waals surface area contributed by atoms with Crippen molar-refractivity contribution in [2.75, 3.05) is 18.4 Å². The highest BCUT2D eigenvalue weighted by Gasteiger charge is 2.36. The van der Waals surface area contributed by atoms with E-state index in [-0.39, 0.29) is 17.3 Å². The lowest BCUT2D eigenvalue weighted by atomic mass is 10.0. The Labute approximate surface area is 171 Å². The Morgan fingerprint density at radius 2 is 2.03 bits per heavy atom. The number of carbonyl (C=O) groups is 2. The number of pyridine rings is 1. The van der Waals surface area contributed by atoms with Crippen LogP contribution in [0.1, 0.15) is 36.3 Å². The molecule has 2 amide bonds. The fourth-order valence-electron chi connectivity index (χ4n) is 3.53. The van der Waals surface area contributed by atoms with Gasteiger partial charge in [-0.05, 0) is 36.6 Å². The van der Waals surface area contributed by atoms with Gasteiger partial charge in [0.05, 0.1) is 12.6 Å². The van der Waals surface area contributed by atoms with Gasteiger partial charge in [0.1, 0.15) is 12.1 Å². The van der Waals surface area contributed by atoms with Crippen molar-refractivity contribution in [1.82, 2.24) is 14.9 Å². The number of nitrogens with one attached hydrogen (secondary N) is 1. The second kappa shape index (κ2) is 8.17. The molecule has 0 bridgehead atoms. The molecule has 0 radical (unpaired) electrons. The van der Waals surface area contributed by atoms with E-state index < -0.39 is 24.7 Å². The zero-order chi connectivity index (χ0) is 21.1. The highest BCUT2D eigenvalue weighted by Crippen LogP contribution is 2.31. The smallest absolute Gasteiger partial charge is 0.260 e. The van der Waals surface area contributed by atoms with E-state index >= 15 is 0 Å². The largest absolute Gasteiger partial charge is 0.445 e. The molecule has 2 aromatic rings. The van der Waals surface area contributed by atoms with E-state index in [0.717, 1.165) is 12.8 Å². The predicted octanol–water partition coefficient (Wildman–Crippen LogP) is 3.31. The summed E-state index contributed by atoms with van der Waals surface area (Å²) < 4.78 is 32.9. The van der Waals surface area contributed by atoms with Crippen molar-refractivity contribution in [3.05, 3.63) is 53.4 Å². The number of likely N-dealkylation sites (tertiary alicyclic amines) is 1. The fraction of sp³-hybridized carbons (Fsp3) is 0.333. The molecular formula is C21H20F2N4O3. The normalized spacial score (nSPS) is 18.7. The molecular weight excluding hydrogens is 394 g/mol. The van der Waals surface area contributed by atoms with E-state index in [4.69, 9.17) is 4.42 Å². The minimum Gasteiger partial charge on any atom is -0.445 e. The molecule has 0 spiro atoms. The molecule has 7 nitrogen and oxygen atoms in total. The number of hydrogen-bond acceptors (Lipinski definition) is 5. The van der Waals surface area contributed by atoms with Crippen molar-refractivity contribution >= 4 is 29.8 Å². The highest BCUT2D eigenvalue weighted by atomic mass is 19.3. The van der Waals surface area contributed by atoms with Crippen molar-refractivity contribution in [3.63, 3.8) is 0 Å². The van der Waals surface area contributed by atoms with Crippen molar-refractivity contribution in [3.8, 4) is 0 Å². The molecule has 0 unspecified atom stereocenters. The molecule has 4 rings (SSSR count). The molecule has 2 aromatic heterocycles. The van der Waals surface area contributed by atoms with Crippen molar-refractivity contribution < 1.29 is 22.8 Å². The minimum atomic E-state index is -3.13. The number of carbonyl (C=O) groups excluding carboxylic acids is 2. The van der Waals surface area contributed by atoms with Gasteiger partial charge < -0.3 is 14.6 Å². The Morgan fingerprint density at radius 3 is 2.77 bits per heavy atom. The lowest BCUT2D eigenvalue weighted by Crippen LogP contribution is -2.35. The zero-order valence-electron chi connectivity index (χ0n) is 16.1. The van der Waals surface area contributed by atoms with Gasteiger partial charge in [-0.15, -0.1) is 0 Å². The first-order valence-corrected chi connectivity index (χ1v) is 9.60. The van der Waals surface area contributed by atoms with Crippen LogP contribution in [0.3, 0.4) is 0 Å². The molecule has 0 atom stereocenters. The number of rotatable bonds is 3. The Hall–Kier alpha value is -3.36. The maximum atomic E-state index is 13.9. The van der Waals surface area contributed by atoms with Crippen LogP contribution in [0, 0.1) is 0 Å². The molecule has 2 aliphatic heterocycles. The van der Waals surface area contributed by atoms with E-state index in [1.54, 1.807) is 17.2 Å². The maximum Gasteiger partial charge on any atom is 0.260 e. The number of nitrogens with zero attached hydrogens (tertiary/aromatic N) is 3. The van der Waals surface area contributed by atoms with Crippen LogP contribution in [0.15, 0.2) is 40.8 Å². The van der Waals surface area contributed by atoms with Crippen LogP contribution < -0.4 is 5.32 Å². The first-order chi connectivity index (χ1) is 14.4. The van der Waals surface area contributed by atoms with Crippen molar-refractivity contribution in [2.24, 2.45) is 0 Å². The maximum absolute atomic E-state index is 13.9. The Kier molecular flexibility index (Phi) is 5.43. The summed E-state index contributed by atoms with van der Waals surface area (Å²) in [6.45, 7) is 1.16. The third kappa shape index (κ3) is 4.79. The molecule has 156 valence electrons. The summed E-state index contributed by atoms with van der Waals surface area (Å²) in [7, 11) is 0. The first-order valence-electron chi connectivity index (χ1n) is 9.60. The summed E-state index contributed by atoms with van der Waals surface area (Å²) in [5.41, 5.74) is 1.94. The van der Waals surface area contributed by atoms with E-state index in [2.05, 4.69) is 15.3 Å². The number of amides is 2. The van der Waals surface area contributed by atoms with Gasteiger partial charge in [0.15, 0.2) is 0 Å². The molecule has 0 saturated carbocycles. The minimum absolute atomic E-state index is 0.141. The van der Waals surface area contributed by atoms with E-state index in [1.165, 1.54) is 30.2 Å². The topological polar surface area (TPSA) is 88.3 Å². The fourth-order valence-corrected chi connectivity index (χ4v) is 3.53. The number of halogens is 2. The van der Waals surface area contributed by atoms with Gasteiger partial charge in [0.25, 0.3) is 5.92 Å². The Balaban J connectivity index is 1.39. The van der Waals surface area contributed by atoms with E-state index in [9.17, 15) is 18.4 Å². The Bertz CT molecular complexity index is 1010. The number of aromatic nitrogens is 2. The second-order valence-electron chi connectivity index (χ2n) is 7.37. The SMILES string of the molecule is O=C1CC(F)(F)Cc2cc(/C=C/C(=O)N3CCC(=Cc4ncco4)CC3)cnc2N1. The van der Waals surface area contributed by atoms with Gasteiger partial charge in [-0.25, -0.2) is 18.7 Å². The average molecular weight is 414 g/mol. The standard InChI is InChI=1S/C21H20F2N4O3/c22-21(23)11-16-9-15(13-25-20(16)26-17(28)12-21)1-2-19(29)27-6-3-14(4-7-27)10-18-24-5-8-30-18/h1-2,5,8-10,13H,3-4,6-7,11-12H2,(H,25,26,28)/b2-1+. The lowest BCUT2D eigenvalue weighted by Gasteiger charge is -2.27. The average Bonchev–Trinajstić information content (AvgIpc) is 3.16. The molecule has 9 heteroatoms. The number of piperidine rings is 1. The first kappa shape index (κ1) is 19.9. The molecule has 1 fully saturated rings. The zero-order valence-corrected chi connectivity index (χ0v) is 16.1. The lowest BCUT2D eigenvalue weighted by molar-refractivity contribution is -0.126. The van der Waals surface area contributed by atoms with Gasteiger partial charge in [-0.1, -0.05) is 5.57 Å². The molecule has 0 aromatic carbocycles. The van der Waals surface area contributed by atoms with E-state index in [1.807, 2.05) is 6.08 Å². The van der Waals surface area contributed by atoms with Crippen LogP contribution in [0.5, 0.6) is 0 Å². The van der Waals surface area contributed by atoms with Gasteiger partial charge >= 0.3 is 0 Å². The third-order valence-corrected chi connectivity index (χ3v) is 5.03. The van der Waals surface area contributed by atoms with Gasteiger partial charge in [-0.2, -0.15) is 0 Å². The van der Waals surface area contributed by atoms with Crippen molar-refractivity contribution in [2.45, 2.75) is 31.6 Å². The van der Waals surface area contributed by atoms with Crippen molar-refractivity contribution in [1.29, 1.82) is 0 Å². The number of fused-ring (bicyclic) bond motifs is 1. The van der Waals surface area contributed by atoms with E-state index in [0.29, 0.717) is 24.5 Å². The number of alkyl halides is 2. The van der Waals surface area contributed by atoms with Crippen LogP contribution in [0.25, 0.3) is 12.2 Å². The van der Waals surface area contributed by atoms with Crippen LogP contribution in [-0.2, 0) is 16.0 Å². The van der Waals surface area contributed by atoms with Gasteiger partial charge in [0, 0.05) is 37.3 Å². The molecule has 1 N–H and O–H groups in total. The molecule has 0 aliphatic carbocycles. The third-order valence-electron chi connectivity index (χ3n) is 5.03. The molecule has 30 heavy (non-hydrogen) atoms. The van der Waals surface area contributed by atoms with Gasteiger partial charge in [0.2, 0.25) is 17.7 Å². The summed E-state index contributed by atoms with van der Waals surface area (Å²) in [6, 6.07) is 1.53. The van der Waals surface area contributed by atoms with Crippen LogP contribution in [0.2, 0.25) is 0 Å². The molecule has 4 heterocycles. The quantitative estimate of drug-likeness (QED) is 0.779. The summed E-state index contributed by atoms with van der Waals surface area (Å²) in [5, 5.41) is 2.40. The number of anilines is 1. The van der Waals surface area contributed by atoms with Gasteiger partial charge in [-0.3, -0.25) is 9.59 Å². The monoisotopic (exact) mass is 414 g/mol. The second-order valence-corrected chi connectivity index (χ2v) is 7.37. The Morgan fingerprint density at radius 1 is 1.23 bits per heavy atom. The number of oxazole rings is 1. The van der Waals surface area contributed by atoms with Crippen LogP contribution >= 0.6 is 0 Å². The van der Waals surface area contributed by atoms with Crippen LogP contribution in [-0.4, -0.2) is 45.7 Å². The van der Waals surface area contributed by atoms with Crippen LogP contribution in [0.4, 0.5) is 14.6 Å². The highest BCUT2D eigenvalue weighted by molar-refractivity contribution is 5.93. The summed E-state index contributed by atoms with van der Waals surface area (Å²) >= 11 is 0. The summed E-state index contributed by atoms with van der Waals surface area (Å²) in [4.78, 5) is 33.9. The number of hydrogen-bond donors (Lipinski definition) is 1. The predicted molar refractivity (Wildman–Crippen MR) is 105 cm³/mol. The molecule has 2 aliphatic rings. The summed E-state index contributed by atoms with van der Waals surface area (Å²) in [6.07, 6.45) is 9.44. The molecule has 1 saturated heterocycles.